The Morgan fingerprint density at radius 2 is 2.19 bits per heavy atom. The fourth-order valence-corrected chi connectivity index (χ4v) is 2.22. The van der Waals surface area contributed by atoms with Gasteiger partial charge in [0.15, 0.2) is 0 Å². The van der Waals surface area contributed by atoms with Crippen molar-refractivity contribution in [2.45, 2.75) is 13.3 Å². The fraction of sp³-hybridized carbons (Fsp3) is 0.250. The lowest BCUT2D eigenvalue weighted by Gasteiger charge is -2.06. The zero-order chi connectivity index (χ0) is 11.5. The summed E-state index contributed by atoms with van der Waals surface area (Å²) in [5, 5.41) is 4.38. The van der Waals surface area contributed by atoms with Crippen LogP contribution in [-0.2, 0) is 6.42 Å². The molecule has 0 aliphatic carbocycles. The summed E-state index contributed by atoms with van der Waals surface area (Å²) < 4.78 is 2.91. The van der Waals surface area contributed by atoms with Gasteiger partial charge in [0.2, 0.25) is 0 Å². The predicted molar refractivity (Wildman–Crippen MR) is 68.8 cm³/mol. The second kappa shape index (κ2) is 4.80. The number of hydrogen-bond acceptors (Lipinski definition) is 2. The third kappa shape index (κ3) is 2.33. The standard InChI is InChI=1S/C12H14BrN3/c1-9-5-7-16(15-9)12-3-2-10(4-6-14)8-11(12)13/h2-3,5,7-8H,4,6,14H2,1H3. The molecule has 0 amide bonds. The molecule has 4 heteroatoms. The summed E-state index contributed by atoms with van der Waals surface area (Å²) in [6.45, 7) is 2.65. The molecule has 1 aromatic heterocycles. The van der Waals surface area contributed by atoms with E-state index in [9.17, 15) is 0 Å². The molecule has 0 aliphatic heterocycles. The fourth-order valence-electron chi connectivity index (χ4n) is 1.61. The molecule has 84 valence electrons. The Bertz CT molecular complexity index is 491. The first-order valence-corrected chi connectivity index (χ1v) is 6.01. The van der Waals surface area contributed by atoms with Gasteiger partial charge in [0.25, 0.3) is 0 Å². The van der Waals surface area contributed by atoms with Crippen LogP contribution in [0.15, 0.2) is 34.9 Å². The maximum absolute atomic E-state index is 5.53. The summed E-state index contributed by atoms with van der Waals surface area (Å²) in [5.41, 5.74) is 8.83. The van der Waals surface area contributed by atoms with Crippen molar-refractivity contribution in [3.63, 3.8) is 0 Å². The van der Waals surface area contributed by atoms with E-state index in [4.69, 9.17) is 5.73 Å². The molecule has 0 aliphatic rings. The summed E-state index contributed by atoms with van der Waals surface area (Å²) in [6.07, 6.45) is 2.86. The molecule has 0 saturated carbocycles. The van der Waals surface area contributed by atoms with E-state index < -0.39 is 0 Å². The Balaban J connectivity index is 2.36. The minimum absolute atomic E-state index is 0.673. The van der Waals surface area contributed by atoms with Crippen molar-refractivity contribution >= 4 is 15.9 Å². The zero-order valence-electron chi connectivity index (χ0n) is 9.15. The van der Waals surface area contributed by atoms with Gasteiger partial charge in [-0.2, -0.15) is 5.10 Å². The van der Waals surface area contributed by atoms with Crippen LogP contribution in [0.25, 0.3) is 5.69 Å². The first-order valence-electron chi connectivity index (χ1n) is 5.22. The first kappa shape index (κ1) is 11.4. The van der Waals surface area contributed by atoms with Gasteiger partial charge in [0.05, 0.1) is 11.4 Å². The Kier molecular flexibility index (Phi) is 3.41. The van der Waals surface area contributed by atoms with Crippen molar-refractivity contribution in [3.05, 3.63) is 46.2 Å². The molecule has 0 fully saturated rings. The lowest BCUT2D eigenvalue weighted by atomic mass is 10.1. The van der Waals surface area contributed by atoms with Crippen LogP contribution >= 0.6 is 15.9 Å². The quantitative estimate of drug-likeness (QED) is 0.938. The van der Waals surface area contributed by atoms with Crippen molar-refractivity contribution in [2.24, 2.45) is 5.73 Å². The molecular weight excluding hydrogens is 266 g/mol. The summed E-state index contributed by atoms with van der Waals surface area (Å²) in [7, 11) is 0. The highest BCUT2D eigenvalue weighted by molar-refractivity contribution is 9.10. The second-order valence-electron chi connectivity index (χ2n) is 3.73. The minimum Gasteiger partial charge on any atom is -0.330 e. The number of halogens is 1. The number of rotatable bonds is 3. The van der Waals surface area contributed by atoms with E-state index in [0.717, 1.165) is 22.3 Å². The van der Waals surface area contributed by atoms with Gasteiger partial charge in [-0.05, 0) is 59.6 Å². The summed E-state index contributed by atoms with van der Waals surface area (Å²) in [6, 6.07) is 8.23. The molecule has 1 aromatic carbocycles. The van der Waals surface area contributed by atoms with E-state index in [1.807, 2.05) is 23.9 Å². The summed E-state index contributed by atoms with van der Waals surface area (Å²) in [5.74, 6) is 0. The first-order chi connectivity index (χ1) is 7.70. The topological polar surface area (TPSA) is 43.8 Å². The van der Waals surface area contributed by atoms with Gasteiger partial charge < -0.3 is 5.73 Å². The highest BCUT2D eigenvalue weighted by atomic mass is 79.9. The number of benzene rings is 1. The third-order valence-corrected chi connectivity index (χ3v) is 3.05. The van der Waals surface area contributed by atoms with E-state index >= 15 is 0 Å². The normalized spacial score (nSPS) is 10.7. The maximum atomic E-state index is 5.53. The van der Waals surface area contributed by atoms with Crippen LogP contribution in [0.1, 0.15) is 11.3 Å². The van der Waals surface area contributed by atoms with Crippen molar-refractivity contribution < 1.29 is 0 Å². The SMILES string of the molecule is Cc1ccn(-c2ccc(CCN)cc2Br)n1. The Morgan fingerprint density at radius 1 is 1.38 bits per heavy atom. The van der Waals surface area contributed by atoms with Crippen LogP contribution in [0, 0.1) is 6.92 Å². The van der Waals surface area contributed by atoms with Gasteiger partial charge in [0, 0.05) is 10.7 Å². The van der Waals surface area contributed by atoms with Gasteiger partial charge in [-0.15, -0.1) is 0 Å². The van der Waals surface area contributed by atoms with Crippen LogP contribution in [0.4, 0.5) is 0 Å². The minimum atomic E-state index is 0.673. The molecule has 0 radical (unpaired) electrons. The van der Waals surface area contributed by atoms with E-state index in [1.165, 1.54) is 5.56 Å². The number of aryl methyl sites for hydroxylation is 1. The molecule has 1 heterocycles. The van der Waals surface area contributed by atoms with Gasteiger partial charge in [-0.25, -0.2) is 4.68 Å². The van der Waals surface area contributed by atoms with Gasteiger partial charge in [-0.1, -0.05) is 6.07 Å². The molecule has 2 rings (SSSR count). The lowest BCUT2D eigenvalue weighted by Crippen LogP contribution is -2.03. The number of aromatic nitrogens is 2. The molecule has 0 unspecified atom stereocenters. The molecule has 2 N–H and O–H groups in total. The number of hydrogen-bond donors (Lipinski definition) is 1. The molecule has 16 heavy (non-hydrogen) atoms. The maximum Gasteiger partial charge on any atom is 0.0787 e. The molecule has 0 atom stereocenters. The Labute approximate surface area is 103 Å². The Morgan fingerprint density at radius 3 is 2.75 bits per heavy atom. The zero-order valence-corrected chi connectivity index (χ0v) is 10.7. The molecule has 0 bridgehead atoms. The monoisotopic (exact) mass is 279 g/mol. The molecule has 0 spiro atoms. The van der Waals surface area contributed by atoms with Gasteiger partial charge in [-0.3, -0.25) is 0 Å². The van der Waals surface area contributed by atoms with Gasteiger partial charge >= 0.3 is 0 Å². The average Bonchev–Trinajstić information content (AvgIpc) is 2.65. The second-order valence-corrected chi connectivity index (χ2v) is 4.58. The average molecular weight is 280 g/mol. The van der Waals surface area contributed by atoms with Crippen LogP contribution in [0.5, 0.6) is 0 Å². The highest BCUT2D eigenvalue weighted by Gasteiger charge is 2.04. The van der Waals surface area contributed by atoms with Crippen molar-refractivity contribution in [1.29, 1.82) is 0 Å². The van der Waals surface area contributed by atoms with E-state index in [-0.39, 0.29) is 0 Å². The molecule has 2 aromatic rings. The largest absolute Gasteiger partial charge is 0.330 e. The predicted octanol–water partition coefficient (Wildman–Crippen LogP) is 2.44. The van der Waals surface area contributed by atoms with Crippen molar-refractivity contribution in [2.75, 3.05) is 6.54 Å². The van der Waals surface area contributed by atoms with Crippen molar-refractivity contribution in [1.82, 2.24) is 9.78 Å². The summed E-state index contributed by atoms with van der Waals surface area (Å²) in [4.78, 5) is 0. The van der Waals surface area contributed by atoms with Crippen molar-refractivity contribution in [3.8, 4) is 5.69 Å². The van der Waals surface area contributed by atoms with Crippen LogP contribution in [-0.4, -0.2) is 16.3 Å². The third-order valence-electron chi connectivity index (χ3n) is 2.41. The van der Waals surface area contributed by atoms with Crippen LogP contribution in [0.2, 0.25) is 0 Å². The van der Waals surface area contributed by atoms with Crippen LogP contribution in [0.3, 0.4) is 0 Å². The van der Waals surface area contributed by atoms with E-state index in [0.29, 0.717) is 6.54 Å². The molecular formula is C12H14BrN3. The van der Waals surface area contributed by atoms with E-state index in [1.54, 1.807) is 0 Å². The number of nitrogens with zero attached hydrogens (tertiary/aromatic N) is 2. The Hall–Kier alpha value is -1.13. The lowest BCUT2D eigenvalue weighted by molar-refractivity contribution is 0.856. The number of nitrogens with two attached hydrogens (primary N) is 1. The van der Waals surface area contributed by atoms with E-state index in [2.05, 4.69) is 39.2 Å². The smallest absolute Gasteiger partial charge is 0.0787 e. The summed E-state index contributed by atoms with van der Waals surface area (Å²) >= 11 is 3.56. The van der Waals surface area contributed by atoms with Gasteiger partial charge in [0.1, 0.15) is 0 Å². The molecule has 3 nitrogen and oxygen atoms in total. The molecule has 0 saturated heterocycles. The van der Waals surface area contributed by atoms with Crippen LogP contribution < -0.4 is 5.73 Å². The highest BCUT2D eigenvalue weighted by Crippen LogP contribution is 2.22.